The third-order valence-corrected chi connectivity index (χ3v) is 4.21. The van der Waals surface area contributed by atoms with Crippen molar-refractivity contribution in [3.63, 3.8) is 0 Å². The Morgan fingerprint density at radius 1 is 1.50 bits per heavy atom. The second-order valence-electron chi connectivity index (χ2n) is 5.40. The molecule has 1 aromatic heterocycles. The second kappa shape index (κ2) is 5.20. The number of pyridine rings is 1. The van der Waals surface area contributed by atoms with Gasteiger partial charge in [0.25, 0.3) is 0 Å². The number of amides is 2. The van der Waals surface area contributed by atoms with Gasteiger partial charge in [0.15, 0.2) is 0 Å². The van der Waals surface area contributed by atoms with Crippen molar-refractivity contribution in [3.05, 3.63) is 18.5 Å². The number of anilines is 2. The number of carbonyl (C=O) groups excluding carboxylic acids is 2. The fourth-order valence-corrected chi connectivity index (χ4v) is 3.18. The molecule has 0 saturated heterocycles. The molecule has 0 unspecified atom stereocenters. The Labute approximate surface area is 117 Å². The number of rotatable bonds is 2. The van der Waals surface area contributed by atoms with E-state index in [-0.39, 0.29) is 30.2 Å². The number of hydrogen-bond acceptors (Lipinski definition) is 4. The van der Waals surface area contributed by atoms with Crippen LogP contribution in [0.3, 0.4) is 0 Å². The van der Waals surface area contributed by atoms with Crippen molar-refractivity contribution in [1.82, 2.24) is 4.98 Å². The molecular formula is C14H18N4O2. The zero-order valence-corrected chi connectivity index (χ0v) is 11.2. The van der Waals surface area contributed by atoms with Crippen molar-refractivity contribution < 1.29 is 9.59 Å². The number of carbonyl (C=O) groups is 2. The summed E-state index contributed by atoms with van der Waals surface area (Å²) in [7, 11) is 0. The van der Waals surface area contributed by atoms with Gasteiger partial charge in [-0.15, -0.1) is 0 Å². The van der Waals surface area contributed by atoms with Crippen LogP contribution in [-0.4, -0.2) is 29.9 Å². The van der Waals surface area contributed by atoms with Crippen LogP contribution in [-0.2, 0) is 9.59 Å². The molecule has 2 heterocycles. The van der Waals surface area contributed by atoms with Gasteiger partial charge in [0.05, 0.1) is 17.6 Å². The fourth-order valence-electron chi connectivity index (χ4n) is 3.18. The van der Waals surface area contributed by atoms with Gasteiger partial charge in [0, 0.05) is 12.1 Å². The quantitative estimate of drug-likeness (QED) is 0.832. The highest BCUT2D eigenvalue weighted by Gasteiger charge is 2.37. The monoisotopic (exact) mass is 274 g/mol. The van der Waals surface area contributed by atoms with E-state index in [1.807, 2.05) is 0 Å². The van der Waals surface area contributed by atoms with Crippen LogP contribution in [0, 0.1) is 11.8 Å². The maximum atomic E-state index is 12.7. The minimum absolute atomic E-state index is 0.0141. The van der Waals surface area contributed by atoms with Crippen molar-refractivity contribution in [1.29, 1.82) is 0 Å². The Hall–Kier alpha value is -1.95. The van der Waals surface area contributed by atoms with Gasteiger partial charge >= 0.3 is 0 Å². The summed E-state index contributed by atoms with van der Waals surface area (Å²) in [5.41, 5.74) is 7.08. The van der Waals surface area contributed by atoms with E-state index in [0.29, 0.717) is 12.2 Å². The number of nitrogens with two attached hydrogens (primary N) is 1. The van der Waals surface area contributed by atoms with Gasteiger partial charge in [-0.25, -0.2) is 0 Å². The van der Waals surface area contributed by atoms with E-state index in [4.69, 9.17) is 5.73 Å². The standard InChI is InChI=1S/C14H18N4O2/c15-6-9-2-1-3-10(9)14(20)18-8-13(19)17-11-7-16-5-4-12(11)18/h4-5,7,9-10H,1-3,6,8,15H2,(H,17,19)/t9-,10-/m1/s1. The van der Waals surface area contributed by atoms with Crippen LogP contribution in [0.2, 0.25) is 0 Å². The van der Waals surface area contributed by atoms with E-state index < -0.39 is 0 Å². The molecule has 6 nitrogen and oxygen atoms in total. The van der Waals surface area contributed by atoms with Gasteiger partial charge in [-0.1, -0.05) is 6.42 Å². The molecule has 0 radical (unpaired) electrons. The smallest absolute Gasteiger partial charge is 0.244 e. The number of fused-ring (bicyclic) bond motifs is 1. The van der Waals surface area contributed by atoms with Crippen molar-refractivity contribution in [2.75, 3.05) is 23.3 Å². The normalized spacial score (nSPS) is 25.2. The van der Waals surface area contributed by atoms with Crippen LogP contribution in [0.25, 0.3) is 0 Å². The molecule has 6 heteroatoms. The molecule has 2 atom stereocenters. The Morgan fingerprint density at radius 2 is 2.35 bits per heavy atom. The minimum atomic E-state index is -0.179. The van der Waals surface area contributed by atoms with Crippen LogP contribution in [0.15, 0.2) is 18.5 Å². The van der Waals surface area contributed by atoms with Gasteiger partial charge in [0.2, 0.25) is 11.8 Å². The van der Waals surface area contributed by atoms with E-state index in [2.05, 4.69) is 10.3 Å². The summed E-state index contributed by atoms with van der Waals surface area (Å²) in [4.78, 5) is 30.1. The Balaban J connectivity index is 1.90. The Morgan fingerprint density at radius 3 is 3.15 bits per heavy atom. The van der Waals surface area contributed by atoms with E-state index in [0.717, 1.165) is 24.9 Å². The maximum Gasteiger partial charge on any atom is 0.244 e. The molecule has 0 spiro atoms. The summed E-state index contributed by atoms with van der Waals surface area (Å²) in [6.07, 6.45) is 6.09. The largest absolute Gasteiger partial charge is 0.330 e. The average Bonchev–Trinajstić information content (AvgIpc) is 2.94. The SMILES string of the molecule is NC[C@H]1CCC[C@H]1C(=O)N1CC(=O)Nc2cnccc21. The van der Waals surface area contributed by atoms with Gasteiger partial charge in [-0.3, -0.25) is 14.6 Å². The van der Waals surface area contributed by atoms with Crippen molar-refractivity contribution >= 4 is 23.2 Å². The van der Waals surface area contributed by atoms with Crippen LogP contribution in [0.5, 0.6) is 0 Å². The van der Waals surface area contributed by atoms with Gasteiger partial charge < -0.3 is 16.0 Å². The number of nitrogens with one attached hydrogen (secondary N) is 1. The van der Waals surface area contributed by atoms with Gasteiger partial charge in [-0.05, 0) is 31.4 Å². The first-order chi connectivity index (χ1) is 9.70. The highest BCUT2D eigenvalue weighted by molar-refractivity contribution is 6.10. The van der Waals surface area contributed by atoms with E-state index in [1.165, 1.54) is 0 Å². The van der Waals surface area contributed by atoms with E-state index >= 15 is 0 Å². The molecule has 0 aromatic carbocycles. The predicted octanol–water partition coefficient (Wildman–Crippen LogP) is 0.742. The van der Waals surface area contributed by atoms with Gasteiger partial charge in [0.1, 0.15) is 6.54 Å². The van der Waals surface area contributed by atoms with Gasteiger partial charge in [-0.2, -0.15) is 0 Å². The molecule has 2 aliphatic rings. The van der Waals surface area contributed by atoms with Crippen molar-refractivity contribution in [3.8, 4) is 0 Å². The Kier molecular flexibility index (Phi) is 3.40. The molecular weight excluding hydrogens is 256 g/mol. The molecule has 0 bridgehead atoms. The van der Waals surface area contributed by atoms with Crippen LogP contribution < -0.4 is 16.0 Å². The molecule has 3 rings (SSSR count). The number of aromatic nitrogens is 1. The summed E-state index contributed by atoms with van der Waals surface area (Å²) in [6.45, 7) is 0.600. The highest BCUT2D eigenvalue weighted by Crippen LogP contribution is 2.36. The molecule has 2 amide bonds. The molecule has 1 fully saturated rings. The lowest BCUT2D eigenvalue weighted by Crippen LogP contribution is -2.46. The number of hydrogen-bond donors (Lipinski definition) is 2. The fraction of sp³-hybridized carbons (Fsp3) is 0.500. The summed E-state index contributed by atoms with van der Waals surface area (Å²) in [5, 5.41) is 2.74. The average molecular weight is 274 g/mol. The summed E-state index contributed by atoms with van der Waals surface area (Å²) in [5.74, 6) is 0.00563. The Bertz CT molecular complexity index is 546. The molecule has 1 saturated carbocycles. The molecule has 1 aliphatic heterocycles. The molecule has 1 aliphatic carbocycles. The van der Waals surface area contributed by atoms with E-state index in [1.54, 1.807) is 23.4 Å². The second-order valence-corrected chi connectivity index (χ2v) is 5.40. The predicted molar refractivity (Wildman–Crippen MR) is 75.1 cm³/mol. The van der Waals surface area contributed by atoms with Crippen molar-refractivity contribution in [2.24, 2.45) is 17.6 Å². The number of nitrogens with zero attached hydrogens (tertiary/aromatic N) is 2. The zero-order chi connectivity index (χ0) is 14.1. The molecule has 106 valence electrons. The maximum absolute atomic E-state index is 12.7. The lowest BCUT2D eigenvalue weighted by atomic mass is 9.94. The highest BCUT2D eigenvalue weighted by atomic mass is 16.2. The topological polar surface area (TPSA) is 88.3 Å². The first-order valence-corrected chi connectivity index (χ1v) is 6.96. The first-order valence-electron chi connectivity index (χ1n) is 6.96. The van der Waals surface area contributed by atoms with Crippen LogP contribution in [0.4, 0.5) is 11.4 Å². The van der Waals surface area contributed by atoms with Crippen LogP contribution >= 0.6 is 0 Å². The third kappa shape index (κ3) is 2.16. The van der Waals surface area contributed by atoms with E-state index in [9.17, 15) is 9.59 Å². The third-order valence-electron chi connectivity index (χ3n) is 4.21. The van der Waals surface area contributed by atoms with Crippen molar-refractivity contribution in [2.45, 2.75) is 19.3 Å². The minimum Gasteiger partial charge on any atom is -0.330 e. The molecule has 3 N–H and O–H groups in total. The summed E-state index contributed by atoms with van der Waals surface area (Å²) < 4.78 is 0. The summed E-state index contributed by atoms with van der Waals surface area (Å²) in [6, 6.07) is 1.76. The lowest BCUT2D eigenvalue weighted by molar-refractivity contribution is -0.125. The molecule has 20 heavy (non-hydrogen) atoms. The zero-order valence-electron chi connectivity index (χ0n) is 11.2. The lowest BCUT2D eigenvalue weighted by Gasteiger charge is -2.32. The molecule has 1 aromatic rings. The first kappa shape index (κ1) is 13.1. The summed E-state index contributed by atoms with van der Waals surface area (Å²) >= 11 is 0. The van der Waals surface area contributed by atoms with Crippen LogP contribution in [0.1, 0.15) is 19.3 Å².